The van der Waals surface area contributed by atoms with E-state index in [-0.39, 0.29) is 0 Å². The normalized spacial score (nSPS) is 12.3. The van der Waals surface area contributed by atoms with Gasteiger partial charge in [-0.05, 0) is 52.4 Å². The van der Waals surface area contributed by atoms with Crippen LogP contribution in [0.1, 0.15) is 33.3 Å². The highest BCUT2D eigenvalue weighted by Crippen LogP contribution is 2.19. The fourth-order valence-electron chi connectivity index (χ4n) is 2.00. The van der Waals surface area contributed by atoms with Crippen molar-refractivity contribution in [3.63, 3.8) is 0 Å². The summed E-state index contributed by atoms with van der Waals surface area (Å²) in [6.07, 6.45) is 0. The molecule has 22 heavy (non-hydrogen) atoms. The summed E-state index contributed by atoms with van der Waals surface area (Å²) in [4.78, 5) is 13.2. The standard InChI is InChI=1S/C17H24N2O3/c1-6-11-17(3,4)22-15-9-7-14(8-10-15)12-19(5)13(2)16(20)18-21/h7-10,13,21H,12H2,1-5H3,(H,18,20). The fourth-order valence-corrected chi connectivity index (χ4v) is 2.00. The Morgan fingerprint density at radius 2 is 2.00 bits per heavy atom. The maximum Gasteiger partial charge on any atom is 0.260 e. The molecule has 0 aliphatic carbocycles. The van der Waals surface area contributed by atoms with Gasteiger partial charge in [0.15, 0.2) is 5.60 Å². The Morgan fingerprint density at radius 3 is 2.50 bits per heavy atom. The third kappa shape index (κ3) is 5.40. The molecule has 1 aromatic rings. The molecule has 1 rings (SSSR count). The average Bonchev–Trinajstić information content (AvgIpc) is 2.47. The minimum Gasteiger partial charge on any atom is -0.475 e. The number of hydrogen-bond acceptors (Lipinski definition) is 4. The number of nitrogens with one attached hydrogen (secondary N) is 1. The van der Waals surface area contributed by atoms with E-state index in [1.54, 1.807) is 19.3 Å². The molecule has 0 radical (unpaired) electrons. The van der Waals surface area contributed by atoms with Gasteiger partial charge >= 0.3 is 0 Å². The molecule has 0 aliphatic rings. The maximum atomic E-state index is 11.4. The van der Waals surface area contributed by atoms with Crippen LogP contribution in [-0.2, 0) is 11.3 Å². The zero-order valence-corrected chi connectivity index (χ0v) is 13.8. The number of hydroxylamine groups is 1. The van der Waals surface area contributed by atoms with Crippen molar-refractivity contribution in [2.75, 3.05) is 7.05 Å². The highest BCUT2D eigenvalue weighted by Gasteiger charge is 2.18. The van der Waals surface area contributed by atoms with Gasteiger partial charge in [0, 0.05) is 6.54 Å². The van der Waals surface area contributed by atoms with E-state index in [1.165, 1.54) is 0 Å². The summed E-state index contributed by atoms with van der Waals surface area (Å²) in [7, 11) is 1.82. The van der Waals surface area contributed by atoms with E-state index >= 15 is 0 Å². The first-order chi connectivity index (χ1) is 10.3. The number of amides is 1. The maximum absolute atomic E-state index is 11.4. The molecule has 1 atom stereocenters. The molecule has 0 saturated heterocycles. The van der Waals surface area contributed by atoms with Crippen LogP contribution < -0.4 is 10.2 Å². The number of ether oxygens (including phenoxy) is 1. The van der Waals surface area contributed by atoms with Crippen LogP contribution in [0.4, 0.5) is 0 Å². The first kappa shape index (κ1) is 18.0. The van der Waals surface area contributed by atoms with Crippen LogP contribution in [-0.4, -0.2) is 34.7 Å². The van der Waals surface area contributed by atoms with Gasteiger partial charge in [-0.2, -0.15) is 0 Å². The molecule has 5 nitrogen and oxygen atoms in total. The lowest BCUT2D eigenvalue weighted by atomic mass is 10.1. The SMILES string of the molecule is CC#CC(C)(C)Oc1ccc(CN(C)C(C)C(=O)NO)cc1. The van der Waals surface area contributed by atoms with Crippen molar-refractivity contribution in [1.29, 1.82) is 0 Å². The summed E-state index contributed by atoms with van der Waals surface area (Å²) in [6, 6.07) is 7.26. The molecule has 120 valence electrons. The van der Waals surface area contributed by atoms with Gasteiger partial charge in [-0.3, -0.25) is 14.9 Å². The summed E-state index contributed by atoms with van der Waals surface area (Å²) in [5.41, 5.74) is 2.19. The highest BCUT2D eigenvalue weighted by atomic mass is 16.5. The number of carbonyl (C=O) groups is 1. The monoisotopic (exact) mass is 304 g/mol. The van der Waals surface area contributed by atoms with E-state index in [1.807, 2.05) is 50.1 Å². The Hall–Kier alpha value is -2.03. The van der Waals surface area contributed by atoms with Crippen LogP contribution in [0.2, 0.25) is 0 Å². The van der Waals surface area contributed by atoms with Crippen LogP contribution in [0.5, 0.6) is 5.75 Å². The van der Waals surface area contributed by atoms with Crippen LogP contribution in [0.25, 0.3) is 0 Å². The van der Waals surface area contributed by atoms with Gasteiger partial charge in [-0.25, -0.2) is 5.48 Å². The molecule has 0 fully saturated rings. The second-order valence-electron chi connectivity index (χ2n) is 5.70. The van der Waals surface area contributed by atoms with E-state index in [2.05, 4.69) is 11.8 Å². The highest BCUT2D eigenvalue weighted by molar-refractivity contribution is 5.80. The van der Waals surface area contributed by atoms with Gasteiger partial charge in [0.25, 0.3) is 5.91 Å². The summed E-state index contributed by atoms with van der Waals surface area (Å²) < 4.78 is 5.82. The Balaban J connectivity index is 2.69. The van der Waals surface area contributed by atoms with E-state index in [0.29, 0.717) is 6.54 Å². The second kappa shape index (κ2) is 7.83. The lowest BCUT2D eigenvalue weighted by Crippen LogP contribution is -2.41. The number of likely N-dealkylation sites (N-methyl/N-ethyl adjacent to an activating group) is 1. The Labute approximate surface area is 132 Å². The Morgan fingerprint density at radius 1 is 1.41 bits per heavy atom. The van der Waals surface area contributed by atoms with Crippen molar-refractivity contribution >= 4 is 5.91 Å². The third-order valence-corrected chi connectivity index (χ3v) is 3.31. The lowest BCUT2D eigenvalue weighted by Gasteiger charge is -2.23. The largest absolute Gasteiger partial charge is 0.475 e. The minimum absolute atomic E-state index is 0.417. The first-order valence-electron chi connectivity index (χ1n) is 7.15. The third-order valence-electron chi connectivity index (χ3n) is 3.31. The predicted molar refractivity (Wildman–Crippen MR) is 85.5 cm³/mol. The lowest BCUT2D eigenvalue weighted by molar-refractivity contribution is -0.133. The molecule has 1 amide bonds. The molecule has 1 unspecified atom stereocenters. The van der Waals surface area contributed by atoms with Crippen molar-refractivity contribution in [2.45, 2.75) is 45.9 Å². The van der Waals surface area contributed by atoms with Crippen LogP contribution >= 0.6 is 0 Å². The topological polar surface area (TPSA) is 61.8 Å². The number of carbonyl (C=O) groups excluding carboxylic acids is 1. The zero-order valence-electron chi connectivity index (χ0n) is 13.8. The summed E-state index contributed by atoms with van der Waals surface area (Å²) >= 11 is 0. The van der Waals surface area contributed by atoms with Crippen molar-refractivity contribution < 1.29 is 14.7 Å². The second-order valence-corrected chi connectivity index (χ2v) is 5.70. The first-order valence-corrected chi connectivity index (χ1v) is 7.15. The molecular weight excluding hydrogens is 280 g/mol. The van der Waals surface area contributed by atoms with E-state index in [9.17, 15) is 4.79 Å². The number of benzene rings is 1. The van der Waals surface area contributed by atoms with Gasteiger partial charge in [0.2, 0.25) is 0 Å². The predicted octanol–water partition coefficient (Wildman–Crippen LogP) is 2.19. The minimum atomic E-state index is -0.527. The van der Waals surface area contributed by atoms with E-state index < -0.39 is 17.6 Å². The fraction of sp³-hybridized carbons (Fsp3) is 0.471. The molecule has 0 saturated carbocycles. The molecule has 2 N–H and O–H groups in total. The quantitative estimate of drug-likeness (QED) is 0.480. The van der Waals surface area contributed by atoms with Gasteiger partial charge in [0.05, 0.1) is 6.04 Å². The van der Waals surface area contributed by atoms with Crippen LogP contribution in [0, 0.1) is 11.8 Å². The Bertz CT molecular complexity index is 556. The summed E-state index contributed by atoms with van der Waals surface area (Å²) in [6.45, 7) is 7.94. The van der Waals surface area contributed by atoms with Gasteiger partial charge in [-0.1, -0.05) is 18.1 Å². The van der Waals surface area contributed by atoms with E-state index in [0.717, 1.165) is 11.3 Å². The van der Waals surface area contributed by atoms with Gasteiger partial charge in [0.1, 0.15) is 5.75 Å². The van der Waals surface area contributed by atoms with Crippen molar-refractivity contribution in [1.82, 2.24) is 10.4 Å². The molecule has 0 heterocycles. The molecule has 0 bridgehead atoms. The van der Waals surface area contributed by atoms with Crippen molar-refractivity contribution in [3.05, 3.63) is 29.8 Å². The van der Waals surface area contributed by atoms with Gasteiger partial charge in [-0.15, -0.1) is 5.92 Å². The zero-order chi connectivity index (χ0) is 16.8. The number of nitrogens with zero attached hydrogens (tertiary/aromatic N) is 1. The van der Waals surface area contributed by atoms with E-state index in [4.69, 9.17) is 9.94 Å². The average molecular weight is 304 g/mol. The molecule has 5 heteroatoms. The van der Waals surface area contributed by atoms with Crippen LogP contribution in [0.3, 0.4) is 0 Å². The molecule has 0 aliphatic heterocycles. The van der Waals surface area contributed by atoms with Crippen molar-refractivity contribution in [3.8, 4) is 17.6 Å². The smallest absolute Gasteiger partial charge is 0.260 e. The number of hydrogen-bond donors (Lipinski definition) is 2. The van der Waals surface area contributed by atoms with Gasteiger partial charge < -0.3 is 4.74 Å². The molecule has 0 aromatic heterocycles. The van der Waals surface area contributed by atoms with Crippen molar-refractivity contribution in [2.24, 2.45) is 0 Å². The molecule has 0 spiro atoms. The molecule has 1 aromatic carbocycles. The van der Waals surface area contributed by atoms with Crippen LogP contribution in [0.15, 0.2) is 24.3 Å². The Kier molecular flexibility index (Phi) is 6.41. The summed E-state index contributed by atoms with van der Waals surface area (Å²) in [5.74, 6) is 6.18. The number of rotatable bonds is 6. The summed E-state index contributed by atoms with van der Waals surface area (Å²) in [5, 5.41) is 8.65. The molecular formula is C17H24N2O3.